The maximum Gasteiger partial charge on any atom is 0.426 e. The highest BCUT2D eigenvalue weighted by Crippen LogP contribution is 2.45. The van der Waals surface area contributed by atoms with Crippen molar-refractivity contribution in [1.82, 2.24) is 0 Å². The van der Waals surface area contributed by atoms with Gasteiger partial charge in [-0.25, -0.2) is 4.39 Å². The summed E-state index contributed by atoms with van der Waals surface area (Å²) in [5, 5.41) is -4.58. The Kier molecular flexibility index (Phi) is 3.85. The Balaban J connectivity index is 2.82. The van der Waals surface area contributed by atoms with E-state index in [0.29, 0.717) is 0 Å². The maximum atomic E-state index is 12.9. The summed E-state index contributed by atoms with van der Waals surface area (Å²) in [4.78, 5) is -0.198. The summed E-state index contributed by atoms with van der Waals surface area (Å²) in [5.74, 6) is 0. The van der Waals surface area contributed by atoms with Crippen molar-refractivity contribution in [1.29, 1.82) is 0 Å². The normalized spacial score (nSPS) is 14.7. The van der Waals surface area contributed by atoms with Crippen molar-refractivity contribution in [2.24, 2.45) is 0 Å². The Morgan fingerprint density at radius 1 is 1.00 bits per heavy atom. The molecular weight excluding hydrogens is 268 g/mol. The lowest BCUT2D eigenvalue weighted by Gasteiger charge is -2.21. The number of benzene rings is 1. The van der Waals surface area contributed by atoms with Crippen molar-refractivity contribution in [3.05, 3.63) is 24.3 Å². The van der Waals surface area contributed by atoms with Crippen LogP contribution in [0, 0.1) is 0 Å². The van der Waals surface area contributed by atoms with Gasteiger partial charge in [0.2, 0.25) is 0 Å². The molecule has 0 radical (unpaired) electrons. The summed E-state index contributed by atoms with van der Waals surface area (Å²) in [6, 6.07) is 4.66. The molecule has 0 aromatic heterocycles. The fourth-order valence-electron chi connectivity index (χ4n) is 0.935. The van der Waals surface area contributed by atoms with Crippen molar-refractivity contribution < 1.29 is 26.3 Å². The number of nitrogens with two attached hydrogens (primary N) is 1. The third kappa shape index (κ3) is 3.72. The molecule has 8 heteroatoms. The van der Waals surface area contributed by atoms with Crippen molar-refractivity contribution in [2.45, 2.75) is 22.5 Å². The number of rotatable bonds is 3. The van der Waals surface area contributed by atoms with E-state index in [2.05, 4.69) is 0 Å². The molecule has 0 aliphatic heterocycles. The number of nitrogen functional groups attached to an aromatic ring is 1. The van der Waals surface area contributed by atoms with Crippen molar-refractivity contribution in [3.63, 3.8) is 0 Å². The number of alkyl halides is 6. The second-order valence-electron chi connectivity index (χ2n) is 3.14. The number of anilines is 1. The van der Waals surface area contributed by atoms with Crippen molar-refractivity contribution in [2.75, 3.05) is 5.73 Å². The minimum atomic E-state index is -5.59. The standard InChI is InChI=1S/C9H7F6NS/c10-7(8(11,12)13)9(14,15)17-6-3-1-5(16)2-4-6/h1-4,7H,16H2. The van der Waals surface area contributed by atoms with E-state index in [0.717, 1.165) is 12.1 Å². The van der Waals surface area contributed by atoms with Gasteiger partial charge in [0.1, 0.15) is 0 Å². The first-order chi connectivity index (χ1) is 7.63. The summed E-state index contributed by atoms with van der Waals surface area (Å²) in [6.07, 6.45) is -9.80. The average Bonchev–Trinajstić information content (AvgIpc) is 2.19. The minimum Gasteiger partial charge on any atom is -0.399 e. The number of hydrogen-bond acceptors (Lipinski definition) is 2. The molecule has 0 spiro atoms. The SMILES string of the molecule is Nc1ccc(SC(F)(F)C(F)C(F)(F)F)cc1. The zero-order valence-electron chi connectivity index (χ0n) is 8.14. The van der Waals surface area contributed by atoms with Crippen LogP contribution in [0.4, 0.5) is 32.0 Å². The maximum absolute atomic E-state index is 12.9. The van der Waals surface area contributed by atoms with Gasteiger partial charge in [-0.1, -0.05) is 0 Å². The third-order valence-corrected chi connectivity index (χ3v) is 2.70. The molecule has 0 fully saturated rings. The van der Waals surface area contributed by atoms with Crippen LogP contribution in [-0.2, 0) is 0 Å². The molecule has 96 valence electrons. The van der Waals surface area contributed by atoms with E-state index in [1.807, 2.05) is 0 Å². The van der Waals surface area contributed by atoms with Crippen LogP contribution in [0.3, 0.4) is 0 Å². The Hall–Kier alpha value is -1.05. The van der Waals surface area contributed by atoms with Crippen LogP contribution < -0.4 is 5.73 Å². The van der Waals surface area contributed by atoms with Gasteiger partial charge in [-0.3, -0.25) is 0 Å². The largest absolute Gasteiger partial charge is 0.426 e. The highest BCUT2D eigenvalue weighted by molar-refractivity contribution is 8.00. The molecule has 1 unspecified atom stereocenters. The van der Waals surface area contributed by atoms with Gasteiger partial charge >= 0.3 is 11.4 Å². The molecule has 0 aliphatic carbocycles. The van der Waals surface area contributed by atoms with Crippen molar-refractivity contribution in [3.8, 4) is 0 Å². The topological polar surface area (TPSA) is 26.0 Å². The van der Waals surface area contributed by atoms with Gasteiger partial charge in [0.05, 0.1) is 0 Å². The summed E-state index contributed by atoms with van der Waals surface area (Å²) >= 11 is -0.494. The zero-order chi connectivity index (χ0) is 13.3. The van der Waals surface area contributed by atoms with Crippen LogP contribution in [0.25, 0.3) is 0 Å². The van der Waals surface area contributed by atoms with E-state index in [9.17, 15) is 26.3 Å². The predicted molar refractivity (Wildman–Crippen MR) is 52.6 cm³/mol. The molecule has 1 aromatic rings. The zero-order valence-corrected chi connectivity index (χ0v) is 8.96. The van der Waals surface area contributed by atoms with E-state index in [1.54, 1.807) is 0 Å². The van der Waals surface area contributed by atoms with Crippen LogP contribution in [0.5, 0.6) is 0 Å². The van der Waals surface area contributed by atoms with E-state index < -0.39 is 29.4 Å². The van der Waals surface area contributed by atoms with Crippen LogP contribution in [0.1, 0.15) is 0 Å². The number of halogens is 6. The van der Waals surface area contributed by atoms with Crippen molar-refractivity contribution >= 4 is 17.4 Å². The molecular formula is C9H7F6NS. The monoisotopic (exact) mass is 275 g/mol. The fourth-order valence-corrected chi connectivity index (χ4v) is 1.76. The van der Waals surface area contributed by atoms with Crippen LogP contribution in [0.2, 0.25) is 0 Å². The first-order valence-corrected chi connectivity index (χ1v) is 5.08. The van der Waals surface area contributed by atoms with E-state index in [4.69, 9.17) is 5.73 Å². The first-order valence-electron chi connectivity index (χ1n) is 4.26. The quantitative estimate of drug-likeness (QED) is 0.515. The summed E-state index contributed by atoms with van der Waals surface area (Å²) in [5.41, 5.74) is 5.54. The molecule has 0 bridgehead atoms. The lowest BCUT2D eigenvalue weighted by atomic mass is 10.3. The van der Waals surface area contributed by atoms with Crippen LogP contribution in [-0.4, -0.2) is 17.6 Å². The fraction of sp³-hybridized carbons (Fsp3) is 0.333. The van der Waals surface area contributed by atoms with E-state index >= 15 is 0 Å². The molecule has 1 atom stereocenters. The van der Waals surface area contributed by atoms with Crippen LogP contribution >= 0.6 is 11.8 Å². The summed E-state index contributed by atoms with van der Waals surface area (Å²) in [7, 11) is 0. The Bertz CT molecular complexity index is 374. The molecule has 2 N–H and O–H groups in total. The van der Waals surface area contributed by atoms with Crippen LogP contribution in [0.15, 0.2) is 29.2 Å². The first kappa shape index (κ1) is 14.0. The molecule has 0 heterocycles. The third-order valence-electron chi connectivity index (χ3n) is 1.72. The molecule has 1 rings (SSSR count). The van der Waals surface area contributed by atoms with E-state index in [1.165, 1.54) is 12.1 Å². The Morgan fingerprint density at radius 2 is 1.47 bits per heavy atom. The van der Waals surface area contributed by atoms with Gasteiger partial charge in [-0.15, -0.1) is 0 Å². The highest BCUT2D eigenvalue weighted by atomic mass is 32.2. The molecule has 0 amide bonds. The van der Waals surface area contributed by atoms with Gasteiger partial charge in [-0.2, -0.15) is 22.0 Å². The molecule has 0 saturated heterocycles. The summed E-state index contributed by atoms with van der Waals surface area (Å²) < 4.78 is 73.9. The average molecular weight is 275 g/mol. The lowest BCUT2D eigenvalue weighted by molar-refractivity contribution is -0.219. The molecule has 1 nitrogen and oxygen atoms in total. The Labute approximate surface area is 97.0 Å². The number of hydrogen-bond donors (Lipinski definition) is 1. The van der Waals surface area contributed by atoms with Gasteiger partial charge in [0, 0.05) is 10.6 Å². The van der Waals surface area contributed by atoms with Gasteiger partial charge < -0.3 is 5.73 Å². The predicted octanol–water partition coefficient (Wildman–Crippen LogP) is 3.85. The van der Waals surface area contributed by atoms with E-state index in [-0.39, 0.29) is 10.6 Å². The molecule has 0 saturated carbocycles. The number of thioether (sulfide) groups is 1. The molecule has 1 aromatic carbocycles. The second-order valence-corrected chi connectivity index (χ2v) is 4.36. The minimum absolute atomic E-state index is 0.198. The molecule has 0 aliphatic rings. The smallest absolute Gasteiger partial charge is 0.399 e. The Morgan fingerprint density at radius 3 is 1.88 bits per heavy atom. The van der Waals surface area contributed by atoms with Gasteiger partial charge in [-0.05, 0) is 36.0 Å². The van der Waals surface area contributed by atoms with Gasteiger partial charge in [0.25, 0.3) is 6.17 Å². The second kappa shape index (κ2) is 4.67. The highest BCUT2D eigenvalue weighted by Gasteiger charge is 2.57. The molecule has 17 heavy (non-hydrogen) atoms. The lowest BCUT2D eigenvalue weighted by Crippen LogP contribution is -2.39. The summed E-state index contributed by atoms with van der Waals surface area (Å²) in [6.45, 7) is 0. The van der Waals surface area contributed by atoms with Gasteiger partial charge in [0.15, 0.2) is 0 Å².